The molecule has 3 rings (SSSR count). The first-order valence-corrected chi connectivity index (χ1v) is 6.97. The summed E-state index contributed by atoms with van der Waals surface area (Å²) in [6.45, 7) is 5.92. The summed E-state index contributed by atoms with van der Waals surface area (Å²) >= 11 is 0. The fraction of sp³-hybridized carbons (Fsp3) is 0.176. The third-order valence-corrected chi connectivity index (χ3v) is 3.56. The molecule has 0 fully saturated rings. The largest absolute Gasteiger partial charge is 0.320 e. The molecule has 0 saturated carbocycles. The zero-order valence-corrected chi connectivity index (χ0v) is 12.6. The number of pyridine rings is 1. The highest BCUT2D eigenvalue weighted by Crippen LogP contribution is 2.22. The van der Waals surface area contributed by atoms with Gasteiger partial charge >= 0.3 is 0 Å². The Morgan fingerprint density at radius 1 is 1.14 bits per heavy atom. The zero-order valence-electron chi connectivity index (χ0n) is 12.6. The van der Waals surface area contributed by atoms with Crippen molar-refractivity contribution in [1.29, 1.82) is 0 Å². The first-order valence-electron chi connectivity index (χ1n) is 6.97. The molecule has 22 heavy (non-hydrogen) atoms. The van der Waals surface area contributed by atoms with Crippen molar-refractivity contribution in [3.63, 3.8) is 0 Å². The average molecular weight is 297 g/mol. The lowest BCUT2D eigenvalue weighted by atomic mass is 10.1. The lowest BCUT2D eigenvalue weighted by Gasteiger charge is -2.11. The summed E-state index contributed by atoms with van der Waals surface area (Å²) in [6.07, 6.45) is 2.81. The van der Waals surface area contributed by atoms with E-state index in [1.807, 2.05) is 32.9 Å². The van der Waals surface area contributed by atoms with Crippen LogP contribution in [0.3, 0.4) is 0 Å². The number of benzene rings is 1. The van der Waals surface area contributed by atoms with E-state index in [1.54, 1.807) is 0 Å². The molecule has 2 heterocycles. The molecule has 0 spiro atoms. The molecule has 0 saturated heterocycles. The number of anilines is 1. The van der Waals surface area contributed by atoms with E-state index in [4.69, 9.17) is 0 Å². The van der Waals surface area contributed by atoms with Crippen molar-refractivity contribution in [2.24, 2.45) is 0 Å². The molecule has 112 valence electrons. The number of nitrogens with one attached hydrogen (secondary N) is 1. The molecule has 0 aliphatic carbocycles. The van der Waals surface area contributed by atoms with Gasteiger partial charge in [-0.2, -0.15) is 0 Å². The van der Waals surface area contributed by atoms with Crippen LogP contribution in [-0.4, -0.2) is 15.3 Å². The molecule has 0 aliphatic heterocycles. The third kappa shape index (κ3) is 2.57. The van der Waals surface area contributed by atoms with E-state index in [9.17, 15) is 9.18 Å². The summed E-state index contributed by atoms with van der Waals surface area (Å²) in [6, 6.07) is 6.89. The highest BCUT2D eigenvalue weighted by molar-refractivity contribution is 6.04. The van der Waals surface area contributed by atoms with Crippen LogP contribution in [0.15, 0.2) is 36.7 Å². The quantitative estimate of drug-likeness (QED) is 0.784. The molecule has 0 aliphatic rings. The summed E-state index contributed by atoms with van der Waals surface area (Å²) in [7, 11) is 0. The maximum Gasteiger partial charge on any atom is 0.275 e. The molecule has 2 aromatic heterocycles. The molecule has 0 unspecified atom stereocenters. The number of carbonyl (C=O) groups is 1. The van der Waals surface area contributed by atoms with Gasteiger partial charge in [-0.3, -0.25) is 4.79 Å². The van der Waals surface area contributed by atoms with Crippen molar-refractivity contribution < 1.29 is 9.18 Å². The van der Waals surface area contributed by atoms with Crippen LogP contribution in [0.25, 0.3) is 5.65 Å². The Morgan fingerprint density at radius 2 is 1.82 bits per heavy atom. The van der Waals surface area contributed by atoms with Gasteiger partial charge in [-0.15, -0.1) is 0 Å². The second-order valence-corrected chi connectivity index (χ2v) is 5.47. The van der Waals surface area contributed by atoms with E-state index in [0.29, 0.717) is 5.65 Å². The van der Waals surface area contributed by atoms with E-state index < -0.39 is 0 Å². The van der Waals surface area contributed by atoms with Crippen LogP contribution < -0.4 is 5.32 Å². The molecule has 1 N–H and O–H groups in total. The minimum Gasteiger partial charge on any atom is -0.320 e. The Morgan fingerprint density at radius 3 is 2.50 bits per heavy atom. The van der Waals surface area contributed by atoms with Gasteiger partial charge in [-0.1, -0.05) is 17.7 Å². The Balaban J connectivity index is 1.93. The summed E-state index contributed by atoms with van der Waals surface area (Å²) in [5.41, 5.74) is 4.73. The van der Waals surface area contributed by atoms with E-state index in [1.165, 1.54) is 28.9 Å². The lowest BCUT2D eigenvalue weighted by molar-refractivity contribution is 0.102. The molecule has 1 amide bonds. The first-order chi connectivity index (χ1) is 10.4. The van der Waals surface area contributed by atoms with Gasteiger partial charge in [0.25, 0.3) is 5.91 Å². The van der Waals surface area contributed by atoms with Gasteiger partial charge in [0.1, 0.15) is 17.2 Å². The second kappa shape index (κ2) is 5.26. The van der Waals surface area contributed by atoms with Gasteiger partial charge < -0.3 is 9.72 Å². The zero-order chi connectivity index (χ0) is 15.9. The van der Waals surface area contributed by atoms with Crippen molar-refractivity contribution >= 4 is 17.2 Å². The van der Waals surface area contributed by atoms with Gasteiger partial charge in [0.05, 0.1) is 0 Å². The highest BCUT2D eigenvalue weighted by atomic mass is 19.1. The Bertz CT molecular complexity index is 860. The average Bonchev–Trinajstić information content (AvgIpc) is 2.85. The summed E-state index contributed by atoms with van der Waals surface area (Å²) in [4.78, 5) is 16.6. The number of aryl methyl sites for hydroxylation is 3. The van der Waals surface area contributed by atoms with Crippen LogP contribution >= 0.6 is 0 Å². The van der Waals surface area contributed by atoms with Crippen molar-refractivity contribution in [2.75, 3.05) is 5.32 Å². The van der Waals surface area contributed by atoms with Gasteiger partial charge in [-0.05, 0) is 44.0 Å². The maximum atomic E-state index is 13.2. The Hall–Kier alpha value is -2.69. The van der Waals surface area contributed by atoms with Crippen LogP contribution in [-0.2, 0) is 0 Å². The molecule has 0 atom stereocenters. The predicted molar refractivity (Wildman–Crippen MR) is 83.8 cm³/mol. The van der Waals surface area contributed by atoms with E-state index in [0.717, 1.165) is 22.4 Å². The molecule has 0 radical (unpaired) electrons. The summed E-state index contributed by atoms with van der Waals surface area (Å²) in [5, 5.41) is 2.89. The number of rotatable bonds is 2. The molecule has 1 aromatic carbocycles. The van der Waals surface area contributed by atoms with Crippen molar-refractivity contribution in [2.45, 2.75) is 20.8 Å². The number of hydrogen-bond donors (Lipinski definition) is 1. The van der Waals surface area contributed by atoms with Crippen LogP contribution in [0.1, 0.15) is 27.2 Å². The smallest absolute Gasteiger partial charge is 0.275 e. The standard InChI is InChI=1S/C17H16FN3O/c1-10-6-11(2)16(12(3)7-10)20-17(22)14-9-21-8-13(18)4-5-15(21)19-14/h4-9H,1-3H3,(H,20,22). The minimum absolute atomic E-state index is 0.255. The number of amides is 1. The summed E-state index contributed by atoms with van der Waals surface area (Å²) in [5.74, 6) is -0.679. The molecule has 3 aromatic rings. The van der Waals surface area contributed by atoms with Gasteiger partial charge in [0, 0.05) is 18.1 Å². The number of fused-ring (bicyclic) bond motifs is 1. The van der Waals surface area contributed by atoms with Crippen LogP contribution in [0.4, 0.5) is 10.1 Å². The maximum absolute atomic E-state index is 13.2. The van der Waals surface area contributed by atoms with Crippen molar-refractivity contribution in [3.05, 3.63) is 64.9 Å². The SMILES string of the molecule is Cc1cc(C)c(NC(=O)c2cn3cc(F)ccc3n2)c(C)c1. The minimum atomic E-state index is -0.373. The fourth-order valence-corrected chi connectivity index (χ4v) is 2.63. The molecule has 0 bridgehead atoms. The topological polar surface area (TPSA) is 46.4 Å². The number of carbonyl (C=O) groups excluding carboxylic acids is 1. The number of nitrogens with zero attached hydrogens (tertiary/aromatic N) is 2. The Labute approximate surface area is 127 Å². The van der Waals surface area contributed by atoms with Crippen LogP contribution in [0.2, 0.25) is 0 Å². The third-order valence-electron chi connectivity index (χ3n) is 3.56. The van der Waals surface area contributed by atoms with Gasteiger partial charge in [-0.25, -0.2) is 9.37 Å². The molecule has 5 heteroatoms. The van der Waals surface area contributed by atoms with Gasteiger partial charge in [0.15, 0.2) is 0 Å². The van der Waals surface area contributed by atoms with E-state index in [2.05, 4.69) is 10.3 Å². The highest BCUT2D eigenvalue weighted by Gasteiger charge is 2.14. The van der Waals surface area contributed by atoms with Crippen molar-refractivity contribution in [3.8, 4) is 0 Å². The summed E-state index contributed by atoms with van der Waals surface area (Å²) < 4.78 is 14.7. The van der Waals surface area contributed by atoms with Crippen LogP contribution in [0.5, 0.6) is 0 Å². The number of hydrogen-bond acceptors (Lipinski definition) is 2. The lowest BCUT2D eigenvalue weighted by Crippen LogP contribution is -2.14. The number of halogens is 1. The van der Waals surface area contributed by atoms with E-state index in [-0.39, 0.29) is 17.4 Å². The normalized spacial score (nSPS) is 10.9. The van der Waals surface area contributed by atoms with Gasteiger partial charge in [0.2, 0.25) is 0 Å². The molecule has 4 nitrogen and oxygen atoms in total. The first kappa shape index (κ1) is 14.3. The predicted octanol–water partition coefficient (Wildman–Crippen LogP) is 3.65. The second-order valence-electron chi connectivity index (χ2n) is 5.47. The molecular formula is C17H16FN3O. The number of aromatic nitrogens is 2. The number of imidazole rings is 1. The fourth-order valence-electron chi connectivity index (χ4n) is 2.63. The van der Waals surface area contributed by atoms with E-state index >= 15 is 0 Å². The monoisotopic (exact) mass is 297 g/mol. The Kier molecular flexibility index (Phi) is 3.41. The molecular weight excluding hydrogens is 281 g/mol. The van der Waals surface area contributed by atoms with Crippen LogP contribution in [0, 0.1) is 26.6 Å². The van der Waals surface area contributed by atoms with Crippen molar-refractivity contribution in [1.82, 2.24) is 9.38 Å².